The summed E-state index contributed by atoms with van der Waals surface area (Å²) < 4.78 is 5.67. The van der Waals surface area contributed by atoms with Gasteiger partial charge in [-0.3, -0.25) is 4.79 Å². The Morgan fingerprint density at radius 3 is 3.10 bits per heavy atom. The van der Waals surface area contributed by atoms with Crippen molar-refractivity contribution in [3.05, 3.63) is 17.7 Å². The number of hydrogen-bond donors (Lipinski definition) is 2. The zero-order valence-corrected chi connectivity index (χ0v) is 11.8. The molecule has 1 fully saturated rings. The van der Waals surface area contributed by atoms with Gasteiger partial charge in [0.2, 0.25) is 5.91 Å². The standard InChI is InChI=1S/C15H21N3O2/c1-10-9-18(5-2-6-20-10)14-8-13-11(7-12(14)16)3-4-15(19)17-13/h7-8,10H,2-6,9,16H2,1H3,(H,17,19). The summed E-state index contributed by atoms with van der Waals surface area (Å²) in [6.07, 6.45) is 2.50. The molecule has 0 radical (unpaired) electrons. The van der Waals surface area contributed by atoms with Crippen LogP contribution in [-0.2, 0) is 16.0 Å². The molecule has 1 saturated heterocycles. The maximum atomic E-state index is 11.5. The molecule has 5 nitrogen and oxygen atoms in total. The monoisotopic (exact) mass is 275 g/mol. The molecule has 0 bridgehead atoms. The van der Waals surface area contributed by atoms with Gasteiger partial charge in [-0.15, -0.1) is 0 Å². The highest BCUT2D eigenvalue weighted by molar-refractivity contribution is 5.95. The Morgan fingerprint density at radius 1 is 1.40 bits per heavy atom. The summed E-state index contributed by atoms with van der Waals surface area (Å²) in [7, 11) is 0. The number of benzene rings is 1. The molecule has 1 amide bonds. The maximum absolute atomic E-state index is 11.5. The van der Waals surface area contributed by atoms with Crippen LogP contribution in [-0.4, -0.2) is 31.7 Å². The fourth-order valence-corrected chi connectivity index (χ4v) is 2.92. The molecule has 20 heavy (non-hydrogen) atoms. The first kappa shape index (κ1) is 13.2. The Labute approximate surface area is 119 Å². The number of ether oxygens (including phenoxy) is 1. The van der Waals surface area contributed by atoms with Gasteiger partial charge in [0.15, 0.2) is 0 Å². The van der Waals surface area contributed by atoms with Crippen LogP contribution in [0.3, 0.4) is 0 Å². The highest BCUT2D eigenvalue weighted by atomic mass is 16.5. The van der Waals surface area contributed by atoms with E-state index in [0.29, 0.717) is 6.42 Å². The number of carbonyl (C=O) groups is 1. The molecule has 0 spiro atoms. The molecule has 2 aliphatic rings. The van der Waals surface area contributed by atoms with Gasteiger partial charge in [-0.05, 0) is 37.5 Å². The fourth-order valence-electron chi connectivity index (χ4n) is 2.92. The molecular weight excluding hydrogens is 254 g/mol. The molecule has 0 saturated carbocycles. The van der Waals surface area contributed by atoms with Gasteiger partial charge in [-0.1, -0.05) is 0 Å². The lowest BCUT2D eigenvalue weighted by Gasteiger charge is -2.28. The molecule has 1 atom stereocenters. The fraction of sp³-hybridized carbons (Fsp3) is 0.533. The Kier molecular flexibility index (Phi) is 3.53. The van der Waals surface area contributed by atoms with Gasteiger partial charge in [-0.2, -0.15) is 0 Å². The minimum atomic E-state index is 0.0841. The second-order valence-corrected chi connectivity index (χ2v) is 5.60. The number of rotatable bonds is 1. The van der Waals surface area contributed by atoms with Gasteiger partial charge in [0.1, 0.15) is 0 Å². The number of fused-ring (bicyclic) bond motifs is 1. The summed E-state index contributed by atoms with van der Waals surface area (Å²) in [4.78, 5) is 13.8. The number of nitrogens with one attached hydrogen (secondary N) is 1. The topological polar surface area (TPSA) is 67.6 Å². The molecule has 3 N–H and O–H groups in total. The van der Waals surface area contributed by atoms with E-state index in [2.05, 4.69) is 17.1 Å². The van der Waals surface area contributed by atoms with Gasteiger partial charge in [0.25, 0.3) is 0 Å². The number of aryl methyl sites for hydroxylation is 1. The van der Waals surface area contributed by atoms with E-state index in [4.69, 9.17) is 10.5 Å². The third-order valence-corrected chi connectivity index (χ3v) is 3.94. The van der Waals surface area contributed by atoms with Crippen molar-refractivity contribution < 1.29 is 9.53 Å². The van der Waals surface area contributed by atoms with Crippen LogP contribution < -0.4 is 16.0 Å². The number of anilines is 3. The van der Waals surface area contributed by atoms with Crippen molar-refractivity contribution in [3.63, 3.8) is 0 Å². The van der Waals surface area contributed by atoms with Crippen LogP contribution in [0.4, 0.5) is 17.1 Å². The Balaban J connectivity index is 1.92. The van der Waals surface area contributed by atoms with Gasteiger partial charge in [0, 0.05) is 31.8 Å². The van der Waals surface area contributed by atoms with E-state index < -0.39 is 0 Å². The summed E-state index contributed by atoms with van der Waals surface area (Å²) in [6, 6.07) is 4.01. The SMILES string of the molecule is CC1CN(c2cc3c(cc2N)CCC(=O)N3)CCCO1. The highest BCUT2D eigenvalue weighted by Gasteiger charge is 2.21. The molecule has 2 heterocycles. The quantitative estimate of drug-likeness (QED) is 0.767. The van der Waals surface area contributed by atoms with Gasteiger partial charge >= 0.3 is 0 Å². The average molecular weight is 275 g/mol. The summed E-state index contributed by atoms with van der Waals surface area (Å²) in [5.41, 5.74) is 10.0. The molecule has 0 aromatic heterocycles. The highest BCUT2D eigenvalue weighted by Crippen LogP contribution is 2.34. The van der Waals surface area contributed by atoms with Crippen molar-refractivity contribution in [2.24, 2.45) is 0 Å². The predicted molar refractivity (Wildman–Crippen MR) is 80.0 cm³/mol. The smallest absolute Gasteiger partial charge is 0.224 e. The number of carbonyl (C=O) groups excluding carboxylic acids is 1. The largest absolute Gasteiger partial charge is 0.397 e. The van der Waals surface area contributed by atoms with Gasteiger partial charge in [0.05, 0.1) is 17.5 Å². The number of hydrogen-bond acceptors (Lipinski definition) is 4. The zero-order chi connectivity index (χ0) is 14.1. The molecule has 5 heteroatoms. The summed E-state index contributed by atoms with van der Waals surface area (Å²) >= 11 is 0. The van der Waals surface area contributed by atoms with Crippen LogP contribution in [0.25, 0.3) is 0 Å². The summed E-state index contributed by atoms with van der Waals surface area (Å²) in [5.74, 6) is 0.0841. The van der Waals surface area contributed by atoms with Crippen LogP contribution >= 0.6 is 0 Å². The molecule has 1 aromatic carbocycles. The Hall–Kier alpha value is -1.75. The van der Waals surface area contributed by atoms with Gasteiger partial charge < -0.3 is 20.7 Å². The van der Waals surface area contributed by atoms with E-state index in [9.17, 15) is 4.79 Å². The number of amides is 1. The Morgan fingerprint density at radius 2 is 2.25 bits per heavy atom. The molecule has 1 aromatic rings. The Bertz CT molecular complexity index is 530. The third-order valence-electron chi connectivity index (χ3n) is 3.94. The molecule has 1 unspecified atom stereocenters. The lowest BCUT2D eigenvalue weighted by atomic mass is 10.0. The minimum Gasteiger partial charge on any atom is -0.397 e. The summed E-state index contributed by atoms with van der Waals surface area (Å²) in [6.45, 7) is 4.63. The van der Waals surface area contributed by atoms with Crippen molar-refractivity contribution in [3.8, 4) is 0 Å². The van der Waals surface area contributed by atoms with Crippen LogP contribution in [0.1, 0.15) is 25.3 Å². The van der Waals surface area contributed by atoms with Crippen molar-refractivity contribution in [2.75, 3.05) is 35.6 Å². The molecule has 0 aliphatic carbocycles. The second-order valence-electron chi connectivity index (χ2n) is 5.60. The van der Waals surface area contributed by atoms with Crippen LogP contribution in [0.5, 0.6) is 0 Å². The van der Waals surface area contributed by atoms with Crippen LogP contribution in [0.2, 0.25) is 0 Å². The molecule has 3 rings (SSSR count). The average Bonchev–Trinajstić information content (AvgIpc) is 2.63. The van der Waals surface area contributed by atoms with E-state index in [0.717, 1.165) is 55.2 Å². The predicted octanol–water partition coefficient (Wildman–Crippen LogP) is 1.77. The summed E-state index contributed by atoms with van der Waals surface area (Å²) in [5, 5.41) is 2.94. The number of nitrogens with two attached hydrogens (primary N) is 1. The van der Waals surface area contributed by atoms with E-state index in [1.807, 2.05) is 12.1 Å². The van der Waals surface area contributed by atoms with E-state index in [1.54, 1.807) is 0 Å². The van der Waals surface area contributed by atoms with E-state index in [-0.39, 0.29) is 12.0 Å². The van der Waals surface area contributed by atoms with Crippen molar-refractivity contribution in [1.82, 2.24) is 0 Å². The lowest BCUT2D eigenvalue weighted by Crippen LogP contribution is -2.31. The first-order valence-corrected chi connectivity index (χ1v) is 7.22. The minimum absolute atomic E-state index is 0.0841. The number of nitrogen functional groups attached to an aromatic ring is 1. The van der Waals surface area contributed by atoms with E-state index >= 15 is 0 Å². The first-order chi connectivity index (χ1) is 9.63. The normalized spacial score (nSPS) is 22.9. The maximum Gasteiger partial charge on any atom is 0.224 e. The molecular formula is C15H21N3O2. The number of nitrogens with zero attached hydrogens (tertiary/aromatic N) is 1. The first-order valence-electron chi connectivity index (χ1n) is 7.22. The van der Waals surface area contributed by atoms with Crippen molar-refractivity contribution >= 4 is 23.0 Å². The molecule has 2 aliphatic heterocycles. The van der Waals surface area contributed by atoms with Crippen molar-refractivity contribution in [1.29, 1.82) is 0 Å². The molecule has 108 valence electrons. The van der Waals surface area contributed by atoms with Gasteiger partial charge in [-0.25, -0.2) is 0 Å². The van der Waals surface area contributed by atoms with Crippen LogP contribution in [0.15, 0.2) is 12.1 Å². The second kappa shape index (κ2) is 5.32. The zero-order valence-electron chi connectivity index (χ0n) is 11.8. The van der Waals surface area contributed by atoms with Crippen molar-refractivity contribution in [2.45, 2.75) is 32.3 Å². The lowest BCUT2D eigenvalue weighted by molar-refractivity contribution is -0.116. The van der Waals surface area contributed by atoms with E-state index in [1.165, 1.54) is 0 Å². The van der Waals surface area contributed by atoms with Crippen LogP contribution in [0, 0.1) is 0 Å². The third kappa shape index (κ3) is 2.58.